The number of hydrogen-bond donors (Lipinski definition) is 1. The Hall–Kier alpha value is -1.09. The van der Waals surface area contributed by atoms with Crippen LogP contribution in [0.4, 0.5) is 4.39 Å². The zero-order valence-corrected chi connectivity index (χ0v) is 9.67. The van der Waals surface area contributed by atoms with Crippen LogP contribution in [0.25, 0.3) is 0 Å². The van der Waals surface area contributed by atoms with Crippen molar-refractivity contribution in [3.8, 4) is 0 Å². The molecule has 0 spiro atoms. The average Bonchev–Trinajstić information content (AvgIpc) is 2.62. The monoisotopic (exact) mass is 243 g/mol. The summed E-state index contributed by atoms with van der Waals surface area (Å²) >= 11 is 0. The maximum Gasteiger partial charge on any atom is 0.231 e. The lowest BCUT2D eigenvalue weighted by Crippen LogP contribution is -2.45. The standard InChI is InChI=1S/C12H14FNO.ClH/c13-10-7-4-8-12(10,11(14)15)9-5-2-1-3-6-9;/h1-3,5-6,10H,4,7-8H2,(H2,14,15);1H/t10?,12-;/m1./s1. The number of benzene rings is 1. The molecule has 1 aliphatic rings. The van der Waals surface area contributed by atoms with E-state index in [-0.39, 0.29) is 12.4 Å². The molecule has 1 aromatic rings. The van der Waals surface area contributed by atoms with Crippen LogP contribution in [0, 0.1) is 0 Å². The van der Waals surface area contributed by atoms with Crippen LogP contribution in [-0.2, 0) is 10.2 Å². The summed E-state index contributed by atoms with van der Waals surface area (Å²) in [7, 11) is 0. The van der Waals surface area contributed by atoms with Crippen LogP contribution in [0.1, 0.15) is 24.8 Å². The second-order valence-electron chi connectivity index (χ2n) is 4.06. The third kappa shape index (κ3) is 1.80. The van der Waals surface area contributed by atoms with Crippen molar-refractivity contribution in [3.05, 3.63) is 35.9 Å². The quantitative estimate of drug-likeness (QED) is 0.851. The van der Waals surface area contributed by atoms with E-state index in [0.29, 0.717) is 18.4 Å². The van der Waals surface area contributed by atoms with Gasteiger partial charge >= 0.3 is 0 Å². The topological polar surface area (TPSA) is 43.1 Å². The molecule has 0 aliphatic heterocycles. The summed E-state index contributed by atoms with van der Waals surface area (Å²) in [5, 5.41) is 0. The Morgan fingerprint density at radius 3 is 2.44 bits per heavy atom. The first-order valence-electron chi connectivity index (χ1n) is 5.17. The molecule has 0 bridgehead atoms. The Kier molecular flexibility index (Phi) is 3.92. The summed E-state index contributed by atoms with van der Waals surface area (Å²) in [6, 6.07) is 9.03. The Balaban J connectivity index is 0.00000128. The summed E-state index contributed by atoms with van der Waals surface area (Å²) in [4.78, 5) is 11.5. The molecule has 16 heavy (non-hydrogen) atoms. The number of rotatable bonds is 2. The van der Waals surface area contributed by atoms with Crippen molar-refractivity contribution in [2.75, 3.05) is 0 Å². The van der Waals surface area contributed by atoms with E-state index in [1.165, 1.54) is 0 Å². The molecule has 1 saturated carbocycles. The number of carbonyl (C=O) groups excluding carboxylic acids is 1. The van der Waals surface area contributed by atoms with Crippen LogP contribution in [-0.4, -0.2) is 12.1 Å². The minimum atomic E-state index is -1.14. The summed E-state index contributed by atoms with van der Waals surface area (Å²) in [5.41, 5.74) is 5.00. The SMILES string of the molecule is Cl.NC(=O)[C@@]1(c2ccccc2)CCCC1F. The molecule has 1 unspecified atom stereocenters. The predicted molar refractivity (Wildman–Crippen MR) is 63.3 cm³/mol. The van der Waals surface area contributed by atoms with Gasteiger partial charge in [-0.25, -0.2) is 4.39 Å². The van der Waals surface area contributed by atoms with Gasteiger partial charge in [-0.15, -0.1) is 12.4 Å². The van der Waals surface area contributed by atoms with Crippen molar-refractivity contribution in [2.24, 2.45) is 5.73 Å². The van der Waals surface area contributed by atoms with Crippen LogP contribution in [0.2, 0.25) is 0 Å². The number of carbonyl (C=O) groups is 1. The third-order valence-electron chi connectivity index (χ3n) is 3.29. The Labute approximate surface area is 100 Å². The third-order valence-corrected chi connectivity index (χ3v) is 3.29. The molecule has 2 N–H and O–H groups in total. The summed E-state index contributed by atoms with van der Waals surface area (Å²) < 4.78 is 13.9. The predicted octanol–water partition coefficient (Wildman–Crippen LogP) is 2.35. The molecular formula is C12H15ClFNO. The fourth-order valence-corrected chi connectivity index (χ4v) is 2.44. The molecule has 2 rings (SSSR count). The van der Waals surface area contributed by atoms with E-state index >= 15 is 0 Å². The van der Waals surface area contributed by atoms with Gasteiger partial charge in [-0.1, -0.05) is 30.3 Å². The number of nitrogens with two attached hydrogens (primary N) is 1. The van der Waals surface area contributed by atoms with Crippen LogP contribution in [0.15, 0.2) is 30.3 Å². The Morgan fingerprint density at radius 1 is 1.38 bits per heavy atom. The molecule has 88 valence electrons. The van der Waals surface area contributed by atoms with Gasteiger partial charge in [-0.05, 0) is 24.8 Å². The highest BCUT2D eigenvalue weighted by molar-refractivity contribution is 5.88. The number of halogens is 2. The lowest BCUT2D eigenvalue weighted by molar-refractivity contribution is -0.125. The highest BCUT2D eigenvalue weighted by Crippen LogP contribution is 2.42. The molecule has 0 heterocycles. The number of amides is 1. The minimum absolute atomic E-state index is 0. The van der Waals surface area contributed by atoms with Gasteiger partial charge in [0.05, 0.1) is 0 Å². The molecule has 2 nitrogen and oxygen atoms in total. The first kappa shape index (κ1) is 13.0. The molecule has 1 aliphatic carbocycles. The van der Waals surface area contributed by atoms with Gasteiger partial charge in [0.2, 0.25) is 5.91 Å². The maximum atomic E-state index is 13.9. The smallest absolute Gasteiger partial charge is 0.231 e. The van der Waals surface area contributed by atoms with Crippen molar-refractivity contribution in [2.45, 2.75) is 30.8 Å². The Bertz CT molecular complexity index is 371. The number of primary amides is 1. The van der Waals surface area contributed by atoms with E-state index in [0.717, 1.165) is 6.42 Å². The lowest BCUT2D eigenvalue weighted by Gasteiger charge is -2.28. The van der Waals surface area contributed by atoms with Gasteiger partial charge < -0.3 is 5.73 Å². The molecule has 4 heteroatoms. The van der Waals surface area contributed by atoms with Gasteiger partial charge in [-0.3, -0.25) is 4.79 Å². The highest BCUT2D eigenvalue weighted by Gasteiger charge is 2.49. The molecule has 1 amide bonds. The molecule has 2 atom stereocenters. The van der Waals surface area contributed by atoms with Gasteiger partial charge in [0.25, 0.3) is 0 Å². The normalized spacial score (nSPS) is 28.4. The Morgan fingerprint density at radius 2 is 2.00 bits per heavy atom. The zero-order valence-electron chi connectivity index (χ0n) is 8.86. The van der Waals surface area contributed by atoms with E-state index in [1.54, 1.807) is 12.1 Å². The van der Waals surface area contributed by atoms with Crippen molar-refractivity contribution < 1.29 is 9.18 Å². The molecule has 0 radical (unpaired) electrons. The van der Waals surface area contributed by atoms with Crippen LogP contribution < -0.4 is 5.73 Å². The zero-order chi connectivity index (χ0) is 10.9. The summed E-state index contributed by atoms with van der Waals surface area (Å²) in [6.45, 7) is 0. The van der Waals surface area contributed by atoms with E-state index in [2.05, 4.69) is 0 Å². The molecule has 0 aromatic heterocycles. The van der Waals surface area contributed by atoms with Gasteiger partial charge in [0.1, 0.15) is 11.6 Å². The van der Waals surface area contributed by atoms with E-state index < -0.39 is 17.5 Å². The van der Waals surface area contributed by atoms with E-state index in [1.807, 2.05) is 18.2 Å². The largest absolute Gasteiger partial charge is 0.369 e. The first-order valence-corrected chi connectivity index (χ1v) is 5.17. The van der Waals surface area contributed by atoms with Crippen LogP contribution in [0.5, 0.6) is 0 Å². The molecule has 0 saturated heterocycles. The fraction of sp³-hybridized carbons (Fsp3) is 0.417. The first-order chi connectivity index (χ1) is 7.18. The van der Waals surface area contributed by atoms with Crippen molar-refractivity contribution in [3.63, 3.8) is 0 Å². The van der Waals surface area contributed by atoms with E-state index in [9.17, 15) is 9.18 Å². The fourth-order valence-electron chi connectivity index (χ4n) is 2.44. The second-order valence-corrected chi connectivity index (χ2v) is 4.06. The van der Waals surface area contributed by atoms with Gasteiger partial charge in [-0.2, -0.15) is 0 Å². The van der Waals surface area contributed by atoms with Gasteiger partial charge in [0, 0.05) is 0 Å². The maximum absolute atomic E-state index is 13.9. The minimum Gasteiger partial charge on any atom is -0.369 e. The molecule has 1 fully saturated rings. The van der Waals surface area contributed by atoms with Crippen molar-refractivity contribution >= 4 is 18.3 Å². The van der Waals surface area contributed by atoms with Crippen molar-refractivity contribution in [1.29, 1.82) is 0 Å². The summed E-state index contributed by atoms with van der Waals surface area (Å²) in [5.74, 6) is -0.543. The highest BCUT2D eigenvalue weighted by atomic mass is 35.5. The van der Waals surface area contributed by atoms with E-state index in [4.69, 9.17) is 5.73 Å². The van der Waals surface area contributed by atoms with Gasteiger partial charge in [0.15, 0.2) is 0 Å². The number of alkyl halides is 1. The number of hydrogen-bond acceptors (Lipinski definition) is 1. The molecule has 1 aromatic carbocycles. The second kappa shape index (κ2) is 4.83. The molecular weight excluding hydrogens is 229 g/mol. The average molecular weight is 244 g/mol. The van der Waals surface area contributed by atoms with Crippen molar-refractivity contribution in [1.82, 2.24) is 0 Å². The summed E-state index contributed by atoms with van der Waals surface area (Å²) in [6.07, 6.45) is 0.530. The van der Waals surface area contributed by atoms with Crippen LogP contribution >= 0.6 is 12.4 Å². The lowest BCUT2D eigenvalue weighted by atomic mass is 9.77. The van der Waals surface area contributed by atoms with Crippen LogP contribution in [0.3, 0.4) is 0 Å².